The highest BCUT2D eigenvalue weighted by Gasteiger charge is 2.49. The number of rotatable bonds is 2. The van der Waals surface area contributed by atoms with E-state index in [-0.39, 0.29) is 18.0 Å². The molecule has 6 nitrogen and oxygen atoms in total. The Balaban J connectivity index is 1.37. The van der Waals surface area contributed by atoms with Crippen LogP contribution in [-0.2, 0) is 9.53 Å². The molecule has 30 heavy (non-hydrogen) atoms. The van der Waals surface area contributed by atoms with Gasteiger partial charge in [0.25, 0.3) is 0 Å². The molecule has 3 aliphatic heterocycles. The molecular formula is C24H37N3O3. The number of hydrogen-bond acceptors (Lipinski definition) is 4. The van der Waals surface area contributed by atoms with E-state index in [2.05, 4.69) is 21.2 Å². The van der Waals surface area contributed by atoms with Crippen molar-refractivity contribution in [3.8, 4) is 0 Å². The summed E-state index contributed by atoms with van der Waals surface area (Å²) in [6.07, 6.45) is 14.3. The largest absolute Gasteiger partial charge is 0.467 e. The van der Waals surface area contributed by atoms with Gasteiger partial charge in [0.2, 0.25) is 0 Å². The molecule has 5 rings (SSSR count). The Labute approximate surface area is 180 Å². The van der Waals surface area contributed by atoms with Gasteiger partial charge in [-0.3, -0.25) is 4.90 Å². The van der Waals surface area contributed by atoms with Gasteiger partial charge >= 0.3 is 12.0 Å². The van der Waals surface area contributed by atoms with Crippen LogP contribution in [0, 0.1) is 11.8 Å². The molecule has 3 heterocycles. The molecule has 2 bridgehead atoms. The van der Waals surface area contributed by atoms with Crippen molar-refractivity contribution < 1.29 is 14.3 Å². The average Bonchev–Trinajstić information content (AvgIpc) is 2.78. The molecule has 2 aliphatic carbocycles. The average molecular weight is 416 g/mol. The van der Waals surface area contributed by atoms with Gasteiger partial charge in [-0.05, 0) is 63.3 Å². The predicted molar refractivity (Wildman–Crippen MR) is 115 cm³/mol. The lowest BCUT2D eigenvalue weighted by molar-refractivity contribution is -0.149. The molecule has 6 heteroatoms. The highest BCUT2D eigenvalue weighted by atomic mass is 16.5. The number of likely N-dealkylation sites (tertiary alicyclic amines) is 1. The minimum absolute atomic E-state index is 0.0582. The molecule has 3 saturated heterocycles. The van der Waals surface area contributed by atoms with Gasteiger partial charge in [0.05, 0.1) is 13.2 Å². The van der Waals surface area contributed by atoms with Gasteiger partial charge in [-0.1, -0.05) is 37.3 Å². The lowest BCUT2D eigenvalue weighted by Crippen LogP contribution is -2.64. The summed E-state index contributed by atoms with van der Waals surface area (Å²) >= 11 is 0. The Morgan fingerprint density at radius 2 is 1.93 bits per heavy atom. The number of nitrogens with one attached hydrogen (secondary N) is 1. The van der Waals surface area contributed by atoms with Crippen molar-refractivity contribution in [2.75, 3.05) is 26.7 Å². The number of ether oxygens (including phenoxy) is 1. The molecule has 0 spiro atoms. The summed E-state index contributed by atoms with van der Waals surface area (Å²) in [5, 5.41) is 3.19. The Bertz CT molecular complexity index is 714. The molecule has 4 atom stereocenters. The van der Waals surface area contributed by atoms with E-state index < -0.39 is 5.54 Å². The van der Waals surface area contributed by atoms with Crippen LogP contribution in [-0.4, -0.2) is 66.2 Å². The van der Waals surface area contributed by atoms with Gasteiger partial charge in [-0.15, -0.1) is 0 Å². The van der Waals surface area contributed by atoms with Gasteiger partial charge in [0, 0.05) is 19.1 Å². The minimum atomic E-state index is -0.840. The monoisotopic (exact) mass is 415 g/mol. The van der Waals surface area contributed by atoms with Crippen molar-refractivity contribution in [2.45, 2.75) is 88.3 Å². The van der Waals surface area contributed by atoms with Crippen molar-refractivity contribution in [1.82, 2.24) is 15.1 Å². The molecule has 0 radical (unpaired) electrons. The number of piperidine rings is 3. The van der Waals surface area contributed by atoms with Crippen LogP contribution in [0.3, 0.4) is 0 Å². The number of methoxy groups -OCH3 is 1. The molecule has 5 aliphatic rings. The Hall–Kier alpha value is -1.56. The third-order valence-corrected chi connectivity index (χ3v) is 8.55. The second-order valence-electron chi connectivity index (χ2n) is 10.3. The van der Waals surface area contributed by atoms with Crippen LogP contribution in [0.2, 0.25) is 0 Å². The molecule has 1 N–H and O–H groups in total. The molecule has 0 aromatic rings. The van der Waals surface area contributed by atoms with Gasteiger partial charge in [0.15, 0.2) is 0 Å². The molecule has 166 valence electrons. The number of fused-ring (bicyclic) bond motifs is 6. The number of nitrogens with zero attached hydrogens (tertiary/aromatic N) is 2. The smallest absolute Gasteiger partial charge is 0.331 e. The molecule has 0 aromatic heterocycles. The van der Waals surface area contributed by atoms with Gasteiger partial charge in [0.1, 0.15) is 5.54 Å². The number of carbonyl (C=O) groups is 2. The Morgan fingerprint density at radius 1 is 1.10 bits per heavy atom. The van der Waals surface area contributed by atoms with E-state index in [1.807, 2.05) is 0 Å². The molecule has 0 unspecified atom stereocenters. The van der Waals surface area contributed by atoms with E-state index in [0.29, 0.717) is 24.7 Å². The van der Waals surface area contributed by atoms with Crippen LogP contribution >= 0.6 is 0 Å². The van der Waals surface area contributed by atoms with Crippen molar-refractivity contribution in [3.05, 3.63) is 11.6 Å². The molecule has 2 amide bonds. The fraction of sp³-hybridized carbons (Fsp3) is 0.833. The van der Waals surface area contributed by atoms with Gasteiger partial charge in [-0.2, -0.15) is 0 Å². The lowest BCUT2D eigenvalue weighted by Gasteiger charge is -2.55. The highest BCUT2D eigenvalue weighted by molar-refractivity contribution is 5.87. The quantitative estimate of drug-likeness (QED) is 0.554. The zero-order chi connectivity index (χ0) is 20.7. The zero-order valence-electron chi connectivity index (χ0n) is 18.4. The number of urea groups is 1. The highest BCUT2D eigenvalue weighted by Crippen LogP contribution is 2.45. The second-order valence-corrected chi connectivity index (χ2v) is 10.3. The van der Waals surface area contributed by atoms with Crippen LogP contribution in [0.4, 0.5) is 4.79 Å². The normalized spacial score (nSPS) is 35.5. The standard InChI is InChI=1S/C24H37N3O3/c1-30-22(28)24(10-4-2-5-11-24)25-23(29)27-13-7-8-17-14-18-15-19(21(17)27)16-26-12-6-3-9-20(18)26/h14,18-21H,2-13,15-16H2,1H3,(H,25,29)/t18-,19-,20-,21-/m1/s1. The number of esters is 1. The summed E-state index contributed by atoms with van der Waals surface area (Å²) in [4.78, 5) is 31.0. The summed E-state index contributed by atoms with van der Waals surface area (Å²) < 4.78 is 5.12. The first kappa shape index (κ1) is 20.3. The molecule has 0 aromatic carbocycles. The van der Waals surface area contributed by atoms with Crippen molar-refractivity contribution in [2.24, 2.45) is 11.8 Å². The first-order chi connectivity index (χ1) is 14.6. The van der Waals surface area contributed by atoms with Crippen LogP contribution in [0.5, 0.6) is 0 Å². The van der Waals surface area contributed by atoms with Crippen LogP contribution < -0.4 is 5.32 Å². The minimum Gasteiger partial charge on any atom is -0.467 e. The van der Waals surface area contributed by atoms with E-state index in [1.54, 1.807) is 0 Å². The maximum atomic E-state index is 13.6. The van der Waals surface area contributed by atoms with E-state index in [0.717, 1.165) is 51.2 Å². The summed E-state index contributed by atoms with van der Waals surface area (Å²) in [5.74, 6) is 0.912. The van der Waals surface area contributed by atoms with E-state index in [1.165, 1.54) is 44.9 Å². The number of hydrogen-bond donors (Lipinski definition) is 1. The van der Waals surface area contributed by atoms with Crippen LogP contribution in [0.25, 0.3) is 0 Å². The number of carbonyl (C=O) groups excluding carboxylic acids is 2. The lowest BCUT2D eigenvalue weighted by atomic mass is 9.68. The molecule has 4 fully saturated rings. The van der Waals surface area contributed by atoms with Crippen molar-refractivity contribution in [3.63, 3.8) is 0 Å². The SMILES string of the molecule is COC(=O)C1(NC(=O)N2CCCC3=C[C@@H]4C[C@H](CN5CCCC[C@H]45)[C@@H]32)CCCCC1. The van der Waals surface area contributed by atoms with Crippen molar-refractivity contribution >= 4 is 12.0 Å². The summed E-state index contributed by atoms with van der Waals surface area (Å²) in [6, 6.07) is 0.866. The van der Waals surface area contributed by atoms with E-state index in [9.17, 15) is 9.59 Å². The molecule has 1 saturated carbocycles. The van der Waals surface area contributed by atoms with Gasteiger partial charge in [-0.25, -0.2) is 9.59 Å². The second kappa shape index (κ2) is 8.18. The van der Waals surface area contributed by atoms with Gasteiger partial charge < -0.3 is 15.0 Å². The Kier molecular flexibility index (Phi) is 5.55. The fourth-order valence-electron chi connectivity index (χ4n) is 7.21. The molecular weight excluding hydrogens is 378 g/mol. The number of amides is 2. The Morgan fingerprint density at radius 3 is 2.73 bits per heavy atom. The predicted octanol–water partition coefficient (Wildman–Crippen LogP) is 3.47. The van der Waals surface area contributed by atoms with Crippen LogP contribution in [0.1, 0.15) is 70.6 Å². The zero-order valence-corrected chi connectivity index (χ0v) is 18.4. The van der Waals surface area contributed by atoms with Crippen molar-refractivity contribution in [1.29, 1.82) is 0 Å². The van der Waals surface area contributed by atoms with Crippen LogP contribution in [0.15, 0.2) is 11.6 Å². The third kappa shape index (κ3) is 3.45. The first-order valence-electron chi connectivity index (χ1n) is 12.2. The summed E-state index contributed by atoms with van der Waals surface area (Å²) in [6.45, 7) is 3.12. The maximum Gasteiger partial charge on any atom is 0.331 e. The topological polar surface area (TPSA) is 61.9 Å². The van der Waals surface area contributed by atoms with E-state index >= 15 is 0 Å². The maximum absolute atomic E-state index is 13.6. The third-order valence-electron chi connectivity index (χ3n) is 8.55. The fourth-order valence-corrected chi connectivity index (χ4v) is 7.21. The van der Waals surface area contributed by atoms with E-state index in [4.69, 9.17) is 4.74 Å². The summed E-state index contributed by atoms with van der Waals surface area (Å²) in [7, 11) is 1.44. The first-order valence-corrected chi connectivity index (χ1v) is 12.2. The summed E-state index contributed by atoms with van der Waals surface area (Å²) in [5.41, 5.74) is 0.645.